The first-order valence-corrected chi connectivity index (χ1v) is 8.70. The third kappa shape index (κ3) is 4.25. The molecule has 0 atom stereocenters. The molecule has 9 heteroatoms. The number of halogens is 4. The Bertz CT molecular complexity index is 1080. The lowest BCUT2D eigenvalue weighted by molar-refractivity contribution is -0.152. The van der Waals surface area contributed by atoms with Gasteiger partial charge in [-0.3, -0.25) is 4.79 Å². The Labute approximate surface area is 162 Å². The average Bonchev–Trinajstić information content (AvgIpc) is 2.66. The number of fused-ring (bicyclic) bond motifs is 1. The van der Waals surface area contributed by atoms with E-state index in [1.54, 1.807) is 0 Å². The van der Waals surface area contributed by atoms with Gasteiger partial charge in [0.15, 0.2) is 0 Å². The molecule has 3 N–H and O–H groups in total. The molecule has 29 heavy (non-hydrogen) atoms. The van der Waals surface area contributed by atoms with Crippen LogP contribution in [0.1, 0.15) is 17.7 Å². The SMILES string of the molecule is O=c1c(-c2ccc(F)cc2)c(C(F)(F)F)oc2c(CNCCCO)c(O)ccc12. The molecule has 3 rings (SSSR count). The topological polar surface area (TPSA) is 82.7 Å². The van der Waals surface area contributed by atoms with Crippen molar-refractivity contribution < 1.29 is 32.2 Å². The lowest BCUT2D eigenvalue weighted by Gasteiger charge is -2.15. The van der Waals surface area contributed by atoms with E-state index in [2.05, 4.69) is 5.32 Å². The van der Waals surface area contributed by atoms with E-state index >= 15 is 0 Å². The first kappa shape index (κ1) is 20.8. The van der Waals surface area contributed by atoms with Crippen LogP contribution >= 0.6 is 0 Å². The fraction of sp³-hybridized carbons (Fsp3) is 0.250. The average molecular weight is 411 g/mol. The molecule has 0 aliphatic carbocycles. The highest BCUT2D eigenvalue weighted by Gasteiger charge is 2.39. The number of aromatic hydroxyl groups is 1. The Morgan fingerprint density at radius 1 is 1.07 bits per heavy atom. The predicted molar refractivity (Wildman–Crippen MR) is 98.0 cm³/mol. The molecule has 0 unspecified atom stereocenters. The second-order valence-corrected chi connectivity index (χ2v) is 6.33. The zero-order chi connectivity index (χ0) is 21.2. The quantitative estimate of drug-likeness (QED) is 0.425. The van der Waals surface area contributed by atoms with Gasteiger partial charge < -0.3 is 19.9 Å². The van der Waals surface area contributed by atoms with Gasteiger partial charge >= 0.3 is 6.18 Å². The molecule has 0 aliphatic heterocycles. The molecule has 0 bridgehead atoms. The van der Waals surface area contributed by atoms with Gasteiger partial charge in [0, 0.05) is 13.2 Å². The summed E-state index contributed by atoms with van der Waals surface area (Å²) in [6.07, 6.45) is -4.60. The number of phenolic OH excluding ortho intramolecular Hbond substituents is 1. The highest BCUT2D eigenvalue weighted by Crippen LogP contribution is 2.39. The molecule has 0 spiro atoms. The van der Waals surface area contributed by atoms with Crippen molar-refractivity contribution in [1.82, 2.24) is 5.32 Å². The van der Waals surface area contributed by atoms with Crippen molar-refractivity contribution in [2.75, 3.05) is 13.2 Å². The molecule has 0 radical (unpaired) electrons. The Hall–Kier alpha value is -2.91. The molecule has 2 aromatic carbocycles. The van der Waals surface area contributed by atoms with Gasteiger partial charge in [-0.05, 0) is 42.8 Å². The third-order valence-electron chi connectivity index (χ3n) is 4.34. The summed E-state index contributed by atoms with van der Waals surface area (Å²) in [6, 6.07) is 6.42. The van der Waals surface area contributed by atoms with Crippen LogP contribution in [-0.2, 0) is 12.7 Å². The Kier molecular flexibility index (Phi) is 5.90. The number of alkyl halides is 3. The van der Waals surface area contributed by atoms with Gasteiger partial charge in [-0.15, -0.1) is 0 Å². The third-order valence-corrected chi connectivity index (χ3v) is 4.34. The van der Waals surface area contributed by atoms with E-state index in [9.17, 15) is 27.5 Å². The maximum absolute atomic E-state index is 13.7. The molecule has 0 fully saturated rings. The van der Waals surface area contributed by atoms with Gasteiger partial charge in [-0.2, -0.15) is 13.2 Å². The second-order valence-electron chi connectivity index (χ2n) is 6.33. The first-order chi connectivity index (χ1) is 13.7. The van der Waals surface area contributed by atoms with Crippen LogP contribution in [0, 0.1) is 5.82 Å². The molecule has 0 saturated carbocycles. The molecule has 0 saturated heterocycles. The van der Waals surface area contributed by atoms with Gasteiger partial charge in [0.2, 0.25) is 11.2 Å². The van der Waals surface area contributed by atoms with Crippen molar-refractivity contribution in [3.8, 4) is 16.9 Å². The van der Waals surface area contributed by atoms with Crippen molar-refractivity contribution in [1.29, 1.82) is 0 Å². The molecule has 1 aromatic heterocycles. The number of benzene rings is 2. The number of phenols is 1. The van der Waals surface area contributed by atoms with Crippen LogP contribution in [0.25, 0.3) is 22.1 Å². The molecule has 5 nitrogen and oxygen atoms in total. The number of hydrogen-bond acceptors (Lipinski definition) is 5. The maximum atomic E-state index is 13.7. The Morgan fingerprint density at radius 2 is 1.76 bits per heavy atom. The smallest absolute Gasteiger partial charge is 0.450 e. The van der Waals surface area contributed by atoms with E-state index in [-0.39, 0.29) is 41.0 Å². The van der Waals surface area contributed by atoms with E-state index in [1.165, 1.54) is 12.1 Å². The largest absolute Gasteiger partial charge is 0.507 e. The van der Waals surface area contributed by atoms with Crippen LogP contribution in [-0.4, -0.2) is 23.4 Å². The summed E-state index contributed by atoms with van der Waals surface area (Å²) in [6.45, 7) is 0.193. The number of nitrogens with one attached hydrogen (secondary N) is 1. The standard InChI is InChI=1S/C20H17F4NO4/c21-12-4-2-11(3-5-12)16-17(28)13-6-7-15(27)14(10-25-8-1-9-26)18(13)29-19(16)20(22,23)24/h2-7,25-27H,1,8-10H2. The lowest BCUT2D eigenvalue weighted by Crippen LogP contribution is -2.19. The van der Waals surface area contributed by atoms with E-state index < -0.39 is 28.7 Å². The first-order valence-electron chi connectivity index (χ1n) is 8.70. The van der Waals surface area contributed by atoms with E-state index in [1.807, 2.05) is 0 Å². The molecule has 154 valence electrons. The van der Waals surface area contributed by atoms with Gasteiger partial charge in [0.1, 0.15) is 17.1 Å². The molecule has 3 aromatic rings. The minimum Gasteiger partial charge on any atom is -0.507 e. The zero-order valence-corrected chi connectivity index (χ0v) is 15.0. The van der Waals surface area contributed by atoms with Gasteiger partial charge in [-0.25, -0.2) is 4.39 Å². The molecule has 1 heterocycles. The highest BCUT2D eigenvalue weighted by atomic mass is 19.4. The summed E-state index contributed by atoms with van der Waals surface area (Å²) in [7, 11) is 0. The van der Waals surface area contributed by atoms with E-state index in [0.29, 0.717) is 13.0 Å². The molecule has 0 aliphatic rings. The molecular weight excluding hydrogens is 394 g/mol. The van der Waals surface area contributed by atoms with Crippen molar-refractivity contribution in [3.63, 3.8) is 0 Å². The Balaban J connectivity index is 2.25. The summed E-state index contributed by atoms with van der Waals surface area (Å²) in [5.74, 6) is -2.52. The minimum absolute atomic E-state index is 0.00584. The molecule has 0 amide bonds. The Morgan fingerprint density at radius 3 is 2.38 bits per heavy atom. The fourth-order valence-electron chi connectivity index (χ4n) is 2.97. The van der Waals surface area contributed by atoms with Crippen LogP contribution in [0.5, 0.6) is 5.75 Å². The second kappa shape index (κ2) is 8.22. The number of hydrogen-bond donors (Lipinski definition) is 3. The van der Waals surface area contributed by atoms with Crippen LogP contribution in [0.2, 0.25) is 0 Å². The van der Waals surface area contributed by atoms with Crippen LogP contribution in [0.15, 0.2) is 45.6 Å². The van der Waals surface area contributed by atoms with Crippen LogP contribution in [0.3, 0.4) is 0 Å². The summed E-state index contributed by atoms with van der Waals surface area (Å²) in [5.41, 5.74) is -2.19. The lowest BCUT2D eigenvalue weighted by atomic mass is 10.00. The monoisotopic (exact) mass is 411 g/mol. The normalized spacial score (nSPS) is 11.9. The number of aliphatic hydroxyl groups excluding tert-OH is 1. The van der Waals surface area contributed by atoms with Crippen LogP contribution < -0.4 is 10.7 Å². The summed E-state index contributed by atoms with van der Waals surface area (Å²) >= 11 is 0. The maximum Gasteiger partial charge on any atom is 0.450 e. The van der Waals surface area contributed by atoms with Crippen molar-refractivity contribution in [2.45, 2.75) is 19.1 Å². The van der Waals surface area contributed by atoms with Crippen LogP contribution in [0.4, 0.5) is 17.6 Å². The van der Waals surface area contributed by atoms with Crippen molar-refractivity contribution >= 4 is 11.0 Å². The highest BCUT2D eigenvalue weighted by molar-refractivity contribution is 5.86. The van der Waals surface area contributed by atoms with Crippen molar-refractivity contribution in [2.24, 2.45) is 0 Å². The minimum atomic E-state index is -5.00. The van der Waals surface area contributed by atoms with E-state index in [4.69, 9.17) is 9.52 Å². The van der Waals surface area contributed by atoms with Crippen molar-refractivity contribution in [3.05, 3.63) is 63.8 Å². The van der Waals surface area contributed by atoms with Gasteiger partial charge in [0.25, 0.3) is 0 Å². The fourth-order valence-corrected chi connectivity index (χ4v) is 2.97. The summed E-state index contributed by atoms with van der Waals surface area (Å²) < 4.78 is 59.4. The number of rotatable bonds is 6. The number of aliphatic hydroxyl groups is 1. The van der Waals surface area contributed by atoms with E-state index in [0.717, 1.165) is 24.3 Å². The predicted octanol–water partition coefficient (Wildman–Crippen LogP) is 3.80. The van der Waals surface area contributed by atoms with Gasteiger partial charge in [-0.1, -0.05) is 12.1 Å². The zero-order valence-electron chi connectivity index (χ0n) is 15.0. The summed E-state index contributed by atoms with van der Waals surface area (Å²) in [4.78, 5) is 12.9. The van der Waals surface area contributed by atoms with Gasteiger partial charge in [0.05, 0.1) is 16.5 Å². The molecular formula is C20H17F4NO4. The summed E-state index contributed by atoms with van der Waals surface area (Å²) in [5, 5.41) is 21.6.